The fraction of sp³-hybridized carbons (Fsp3) is 0.300. The number of benzene rings is 2. The second-order valence-electron chi connectivity index (χ2n) is 8.56. The summed E-state index contributed by atoms with van der Waals surface area (Å²) in [5.41, 5.74) is 5.28. The number of ketones is 1. The maximum absolute atomic E-state index is 12.2. The van der Waals surface area contributed by atoms with Gasteiger partial charge in [-0.1, -0.05) is 59.2 Å². The van der Waals surface area contributed by atoms with E-state index in [1.165, 1.54) is 22.8 Å². The van der Waals surface area contributed by atoms with Crippen molar-refractivity contribution in [3.05, 3.63) is 101 Å². The molecule has 0 atom stereocenters. The molecule has 3 nitrogen and oxygen atoms in total. The van der Waals surface area contributed by atoms with E-state index in [0.29, 0.717) is 23.5 Å². The number of hydrogen-bond acceptors (Lipinski definition) is 3. The van der Waals surface area contributed by atoms with Crippen molar-refractivity contribution in [2.75, 3.05) is 6.61 Å². The SMILES string of the molecule is CC(C)=CCCC(C)=CCCC(C)=CCOc1ccc(C=CC(=O)c2ccccc2)c(O)c1. The second-order valence-corrected chi connectivity index (χ2v) is 8.56. The van der Waals surface area contributed by atoms with Crippen molar-refractivity contribution in [1.82, 2.24) is 0 Å². The Kier molecular flexibility index (Phi) is 11.0. The summed E-state index contributed by atoms with van der Waals surface area (Å²) in [6.45, 7) is 9.04. The van der Waals surface area contributed by atoms with Gasteiger partial charge in [0.15, 0.2) is 5.78 Å². The van der Waals surface area contributed by atoms with Gasteiger partial charge in [0.25, 0.3) is 0 Å². The summed E-state index contributed by atoms with van der Waals surface area (Å²) in [4.78, 5) is 12.2. The van der Waals surface area contributed by atoms with Crippen molar-refractivity contribution >= 4 is 11.9 Å². The van der Waals surface area contributed by atoms with Crippen LogP contribution in [-0.4, -0.2) is 17.5 Å². The molecule has 0 bridgehead atoms. The van der Waals surface area contributed by atoms with Gasteiger partial charge in [0.2, 0.25) is 0 Å². The van der Waals surface area contributed by atoms with Crippen molar-refractivity contribution in [2.24, 2.45) is 0 Å². The highest BCUT2D eigenvalue weighted by Crippen LogP contribution is 2.25. The van der Waals surface area contributed by atoms with E-state index >= 15 is 0 Å². The first kappa shape index (κ1) is 25.9. The van der Waals surface area contributed by atoms with Gasteiger partial charge in [0.05, 0.1) is 0 Å². The van der Waals surface area contributed by atoms with Gasteiger partial charge in [-0.15, -0.1) is 0 Å². The molecule has 0 spiro atoms. The number of phenols is 1. The highest BCUT2D eigenvalue weighted by atomic mass is 16.5. The molecule has 2 aromatic carbocycles. The Balaban J connectivity index is 1.80. The Morgan fingerprint density at radius 1 is 0.879 bits per heavy atom. The van der Waals surface area contributed by atoms with E-state index in [0.717, 1.165) is 25.7 Å². The maximum atomic E-state index is 12.2. The zero-order valence-electron chi connectivity index (χ0n) is 20.3. The Morgan fingerprint density at radius 3 is 2.21 bits per heavy atom. The average Bonchev–Trinajstić information content (AvgIpc) is 2.78. The zero-order valence-corrected chi connectivity index (χ0v) is 20.3. The molecule has 3 heteroatoms. The molecule has 0 unspecified atom stereocenters. The Bertz CT molecular complexity index is 1020. The lowest BCUT2D eigenvalue weighted by Gasteiger charge is -2.07. The number of carbonyl (C=O) groups is 1. The van der Waals surface area contributed by atoms with Crippen LogP contribution in [0, 0.1) is 0 Å². The molecule has 2 rings (SSSR count). The van der Waals surface area contributed by atoms with Gasteiger partial charge >= 0.3 is 0 Å². The summed E-state index contributed by atoms with van der Waals surface area (Å²) in [5, 5.41) is 10.3. The van der Waals surface area contributed by atoms with E-state index in [1.807, 2.05) is 18.2 Å². The van der Waals surface area contributed by atoms with Gasteiger partial charge in [0, 0.05) is 17.2 Å². The number of phenolic OH excluding ortho intramolecular Hbond substituents is 1. The predicted molar refractivity (Wildman–Crippen MR) is 139 cm³/mol. The number of rotatable bonds is 12. The summed E-state index contributed by atoms with van der Waals surface area (Å²) in [6.07, 6.45) is 14.0. The molecule has 1 N–H and O–H groups in total. The van der Waals surface area contributed by atoms with Crippen LogP contribution in [0.1, 0.15) is 69.3 Å². The molecular formula is C30H36O3. The van der Waals surface area contributed by atoms with Crippen LogP contribution in [0.3, 0.4) is 0 Å². The van der Waals surface area contributed by atoms with Crippen molar-refractivity contribution in [3.8, 4) is 11.5 Å². The number of hydrogen-bond donors (Lipinski definition) is 1. The first-order valence-corrected chi connectivity index (χ1v) is 11.5. The lowest BCUT2D eigenvalue weighted by molar-refractivity contribution is 0.104. The Hall–Kier alpha value is -3.33. The molecule has 0 fully saturated rings. The summed E-state index contributed by atoms with van der Waals surface area (Å²) >= 11 is 0. The molecule has 0 heterocycles. The fourth-order valence-electron chi connectivity index (χ4n) is 3.24. The largest absolute Gasteiger partial charge is 0.507 e. The van der Waals surface area contributed by atoms with Crippen molar-refractivity contribution in [3.63, 3.8) is 0 Å². The summed E-state index contributed by atoms with van der Waals surface area (Å²) in [7, 11) is 0. The van der Waals surface area contributed by atoms with Crippen LogP contribution in [0.4, 0.5) is 0 Å². The normalized spacial score (nSPS) is 12.1. The fourth-order valence-corrected chi connectivity index (χ4v) is 3.24. The van der Waals surface area contributed by atoms with Gasteiger partial charge in [-0.3, -0.25) is 4.79 Å². The first-order chi connectivity index (χ1) is 15.8. The summed E-state index contributed by atoms with van der Waals surface area (Å²) < 4.78 is 5.76. The topological polar surface area (TPSA) is 46.5 Å². The molecule has 0 aromatic heterocycles. The van der Waals surface area contributed by atoms with Crippen molar-refractivity contribution in [1.29, 1.82) is 0 Å². The Morgan fingerprint density at radius 2 is 1.55 bits per heavy atom. The molecule has 0 amide bonds. The molecule has 174 valence electrons. The number of ether oxygens (including phenoxy) is 1. The molecule has 33 heavy (non-hydrogen) atoms. The molecule has 0 saturated carbocycles. The quantitative estimate of drug-likeness (QED) is 0.204. The van der Waals surface area contributed by atoms with Crippen LogP contribution in [-0.2, 0) is 0 Å². The third kappa shape index (κ3) is 10.2. The van der Waals surface area contributed by atoms with Gasteiger partial charge < -0.3 is 9.84 Å². The van der Waals surface area contributed by atoms with E-state index in [2.05, 4.69) is 45.9 Å². The van der Waals surface area contributed by atoms with E-state index in [9.17, 15) is 9.90 Å². The predicted octanol–water partition coefficient (Wildman–Crippen LogP) is 8.09. The van der Waals surface area contributed by atoms with E-state index in [-0.39, 0.29) is 11.5 Å². The minimum Gasteiger partial charge on any atom is -0.507 e. The lowest BCUT2D eigenvalue weighted by Crippen LogP contribution is -1.95. The van der Waals surface area contributed by atoms with E-state index in [4.69, 9.17) is 4.74 Å². The first-order valence-electron chi connectivity index (χ1n) is 11.5. The van der Waals surface area contributed by atoms with E-state index < -0.39 is 0 Å². The van der Waals surface area contributed by atoms with Crippen LogP contribution in [0.25, 0.3) is 6.08 Å². The molecular weight excluding hydrogens is 408 g/mol. The van der Waals surface area contributed by atoms with E-state index in [1.54, 1.807) is 36.4 Å². The molecule has 0 aliphatic carbocycles. The Labute approximate surface area is 198 Å². The minimum atomic E-state index is -0.103. The van der Waals surface area contributed by atoms with Gasteiger partial charge in [-0.2, -0.15) is 0 Å². The molecule has 0 aliphatic rings. The molecule has 0 saturated heterocycles. The standard InChI is InChI=1S/C30H36O3/c1-23(2)10-8-11-24(3)12-9-13-25(4)20-21-33-28-18-16-27(30(32)22-28)17-19-29(31)26-14-6-5-7-15-26/h5-7,10,12,14-20,22,32H,8-9,11,13,21H2,1-4H3. The highest BCUT2D eigenvalue weighted by Gasteiger charge is 2.03. The molecule has 0 aliphatic heterocycles. The highest BCUT2D eigenvalue weighted by molar-refractivity contribution is 6.06. The number of carbonyl (C=O) groups excluding carboxylic acids is 1. The lowest BCUT2D eigenvalue weighted by atomic mass is 10.1. The molecule has 0 radical (unpaired) electrons. The monoisotopic (exact) mass is 444 g/mol. The smallest absolute Gasteiger partial charge is 0.185 e. The van der Waals surface area contributed by atoms with Crippen LogP contribution in [0.5, 0.6) is 11.5 Å². The minimum absolute atomic E-state index is 0.0824. The van der Waals surface area contributed by atoms with Crippen LogP contribution in [0.2, 0.25) is 0 Å². The third-order valence-electron chi connectivity index (χ3n) is 5.28. The van der Waals surface area contributed by atoms with Gasteiger partial charge in [-0.25, -0.2) is 0 Å². The van der Waals surface area contributed by atoms with Crippen molar-refractivity contribution in [2.45, 2.75) is 53.4 Å². The second kappa shape index (κ2) is 13.9. The third-order valence-corrected chi connectivity index (χ3v) is 5.28. The number of aromatic hydroxyl groups is 1. The van der Waals surface area contributed by atoms with Crippen LogP contribution in [0.15, 0.2) is 89.6 Å². The van der Waals surface area contributed by atoms with Crippen molar-refractivity contribution < 1.29 is 14.6 Å². The number of allylic oxidation sites excluding steroid dienone is 6. The maximum Gasteiger partial charge on any atom is 0.185 e. The zero-order chi connectivity index (χ0) is 24.1. The molecule has 2 aromatic rings. The van der Waals surface area contributed by atoms with Crippen LogP contribution >= 0.6 is 0 Å². The average molecular weight is 445 g/mol. The van der Waals surface area contributed by atoms with Crippen LogP contribution < -0.4 is 4.74 Å². The van der Waals surface area contributed by atoms with Gasteiger partial charge in [-0.05, 0) is 83.7 Å². The summed E-state index contributed by atoms with van der Waals surface area (Å²) in [6, 6.07) is 14.2. The summed E-state index contributed by atoms with van der Waals surface area (Å²) in [5.74, 6) is 0.575. The van der Waals surface area contributed by atoms with Gasteiger partial charge in [0.1, 0.15) is 18.1 Å².